The van der Waals surface area contributed by atoms with Gasteiger partial charge in [-0.25, -0.2) is 4.57 Å². The first-order chi connectivity index (χ1) is 4.91. The van der Waals surface area contributed by atoms with Gasteiger partial charge in [0.15, 0.2) is 0 Å². The van der Waals surface area contributed by atoms with Gasteiger partial charge in [0.25, 0.3) is 0 Å². The van der Waals surface area contributed by atoms with Gasteiger partial charge in [0.2, 0.25) is 0 Å². The summed E-state index contributed by atoms with van der Waals surface area (Å²) in [6, 6.07) is 0. The van der Waals surface area contributed by atoms with E-state index in [1.807, 2.05) is 0 Å². The summed E-state index contributed by atoms with van der Waals surface area (Å²) in [7, 11) is -0.262. The average molecular weight is 164 g/mol. The van der Waals surface area contributed by atoms with Crippen molar-refractivity contribution in [1.82, 2.24) is 0 Å². The van der Waals surface area contributed by atoms with Crippen LogP contribution in [0.15, 0.2) is 0 Å². The molecule has 0 N–H and O–H groups in total. The Kier molecular flexibility index (Phi) is 9.04. The van der Waals surface area contributed by atoms with E-state index in [-0.39, 0.29) is 8.69 Å². The molecule has 0 aromatic rings. The van der Waals surface area contributed by atoms with Crippen molar-refractivity contribution in [2.75, 3.05) is 19.8 Å². The molecule has 0 aromatic heterocycles. The lowest BCUT2D eigenvalue weighted by atomic mass is 10.4. The third-order valence-corrected chi connectivity index (χ3v) is 1.30. The molecule has 0 rings (SSSR count). The van der Waals surface area contributed by atoms with E-state index in [0.717, 1.165) is 19.4 Å². The summed E-state index contributed by atoms with van der Waals surface area (Å²) in [4.78, 5) is 0. The Balaban J connectivity index is 2.70. The van der Waals surface area contributed by atoms with Crippen LogP contribution in [0.1, 0.15) is 19.8 Å². The van der Waals surface area contributed by atoms with Crippen LogP contribution in [0, 0.1) is 0 Å². The number of rotatable bonds is 7. The fraction of sp³-hybridized carbons (Fsp3) is 1.00. The molecule has 0 unspecified atom stereocenters. The lowest BCUT2D eigenvalue weighted by molar-refractivity contribution is 0.102. The molecule has 0 saturated heterocycles. The Morgan fingerprint density at radius 2 is 2.10 bits per heavy atom. The molecule has 0 aromatic carbocycles. The Hall–Kier alpha value is 0.0200. The zero-order chi connectivity index (χ0) is 7.66. The highest BCUT2D eigenvalue weighted by atomic mass is 31.1. The van der Waals surface area contributed by atoms with E-state index in [1.165, 1.54) is 0 Å². The molecular weight excluding hydrogens is 151 g/mol. The van der Waals surface area contributed by atoms with Crippen molar-refractivity contribution in [2.24, 2.45) is 0 Å². The SMILES string of the molecule is CCCCOCCOP=O. The Bertz CT molecular complexity index is 77.4. The molecule has 60 valence electrons. The van der Waals surface area contributed by atoms with Gasteiger partial charge in [-0.2, -0.15) is 0 Å². The fourth-order valence-electron chi connectivity index (χ4n) is 0.482. The maximum absolute atomic E-state index is 9.71. The second kappa shape index (κ2) is 9.02. The molecule has 0 aliphatic heterocycles. The zero-order valence-electron chi connectivity index (χ0n) is 6.21. The summed E-state index contributed by atoms with van der Waals surface area (Å²) < 4.78 is 19.3. The quantitative estimate of drug-likeness (QED) is 0.426. The molecule has 3 nitrogen and oxygen atoms in total. The molecule has 0 aliphatic rings. The molecule has 0 spiro atoms. The van der Waals surface area contributed by atoms with Gasteiger partial charge >= 0.3 is 8.69 Å². The lowest BCUT2D eigenvalue weighted by Crippen LogP contribution is -2.00. The smallest absolute Gasteiger partial charge is 0.327 e. The van der Waals surface area contributed by atoms with Crippen molar-refractivity contribution in [3.05, 3.63) is 0 Å². The third-order valence-electron chi connectivity index (χ3n) is 1.01. The van der Waals surface area contributed by atoms with Crippen molar-refractivity contribution in [1.29, 1.82) is 0 Å². The highest BCUT2D eigenvalue weighted by molar-refractivity contribution is 7.17. The van der Waals surface area contributed by atoms with Crippen molar-refractivity contribution in [3.8, 4) is 0 Å². The first-order valence-electron chi connectivity index (χ1n) is 3.44. The minimum atomic E-state index is -0.262. The predicted molar refractivity (Wildman–Crippen MR) is 39.3 cm³/mol. The van der Waals surface area contributed by atoms with Crippen LogP contribution in [0.5, 0.6) is 0 Å². The van der Waals surface area contributed by atoms with Gasteiger partial charge in [0.1, 0.15) is 0 Å². The molecule has 0 heterocycles. The largest absolute Gasteiger partial charge is 0.379 e. The second-order valence-corrected chi connectivity index (χ2v) is 2.28. The van der Waals surface area contributed by atoms with Crippen LogP contribution in [0.25, 0.3) is 0 Å². The molecule has 0 atom stereocenters. The van der Waals surface area contributed by atoms with Crippen molar-refractivity contribution >= 4 is 8.69 Å². The molecule has 4 heteroatoms. The molecule has 0 amide bonds. The Labute approximate surface area is 63.0 Å². The van der Waals surface area contributed by atoms with E-state index in [0.29, 0.717) is 13.2 Å². The standard InChI is InChI=1S/C6H13O3P/c1-2-3-4-8-5-6-9-10-7/h2-6H2,1H3. The topological polar surface area (TPSA) is 35.5 Å². The lowest BCUT2D eigenvalue weighted by Gasteiger charge is -1.99. The summed E-state index contributed by atoms with van der Waals surface area (Å²) >= 11 is 0. The van der Waals surface area contributed by atoms with Crippen LogP contribution in [0.4, 0.5) is 0 Å². The highest BCUT2D eigenvalue weighted by Gasteiger charge is 1.87. The maximum Gasteiger partial charge on any atom is 0.327 e. The van der Waals surface area contributed by atoms with E-state index in [4.69, 9.17) is 4.74 Å². The summed E-state index contributed by atoms with van der Waals surface area (Å²) in [6.07, 6.45) is 2.22. The molecule has 10 heavy (non-hydrogen) atoms. The average Bonchev–Trinajstić information content (AvgIpc) is 1.97. The first-order valence-corrected chi connectivity index (χ1v) is 4.17. The molecule has 0 aliphatic carbocycles. The zero-order valence-corrected chi connectivity index (χ0v) is 7.10. The van der Waals surface area contributed by atoms with Gasteiger partial charge in [-0.3, -0.25) is 4.52 Å². The number of ether oxygens (including phenoxy) is 1. The van der Waals surface area contributed by atoms with Crippen LogP contribution >= 0.6 is 8.69 Å². The van der Waals surface area contributed by atoms with Gasteiger partial charge in [0.05, 0.1) is 13.2 Å². The van der Waals surface area contributed by atoms with Crippen molar-refractivity contribution < 1.29 is 13.8 Å². The minimum Gasteiger partial charge on any atom is -0.379 e. The number of hydrogen-bond acceptors (Lipinski definition) is 3. The van der Waals surface area contributed by atoms with E-state index in [1.54, 1.807) is 0 Å². The van der Waals surface area contributed by atoms with Crippen LogP contribution in [0.2, 0.25) is 0 Å². The monoisotopic (exact) mass is 164 g/mol. The van der Waals surface area contributed by atoms with E-state index in [9.17, 15) is 4.57 Å². The molecular formula is C6H13O3P. The van der Waals surface area contributed by atoms with E-state index >= 15 is 0 Å². The molecule has 0 bridgehead atoms. The third kappa shape index (κ3) is 8.02. The van der Waals surface area contributed by atoms with E-state index in [2.05, 4.69) is 11.4 Å². The van der Waals surface area contributed by atoms with Gasteiger partial charge < -0.3 is 4.74 Å². The maximum atomic E-state index is 9.71. The summed E-state index contributed by atoms with van der Waals surface area (Å²) in [5, 5.41) is 0. The normalized spacial score (nSPS) is 10.5. The van der Waals surface area contributed by atoms with Gasteiger partial charge in [-0.05, 0) is 6.42 Å². The molecule has 0 saturated carbocycles. The van der Waals surface area contributed by atoms with Gasteiger partial charge in [-0.1, -0.05) is 13.3 Å². The summed E-state index contributed by atoms with van der Waals surface area (Å²) in [6.45, 7) is 3.83. The van der Waals surface area contributed by atoms with Crippen LogP contribution in [-0.2, 0) is 13.8 Å². The Morgan fingerprint density at radius 1 is 1.30 bits per heavy atom. The number of hydrogen-bond donors (Lipinski definition) is 0. The second-order valence-electron chi connectivity index (χ2n) is 1.87. The van der Waals surface area contributed by atoms with Gasteiger partial charge in [0, 0.05) is 6.61 Å². The van der Waals surface area contributed by atoms with Crippen LogP contribution < -0.4 is 0 Å². The highest BCUT2D eigenvalue weighted by Crippen LogP contribution is 1.93. The molecule has 0 fully saturated rings. The van der Waals surface area contributed by atoms with Crippen molar-refractivity contribution in [3.63, 3.8) is 0 Å². The van der Waals surface area contributed by atoms with Gasteiger partial charge in [-0.15, -0.1) is 0 Å². The summed E-state index contributed by atoms with van der Waals surface area (Å²) in [5.41, 5.74) is 0. The van der Waals surface area contributed by atoms with Crippen LogP contribution in [0.3, 0.4) is 0 Å². The first kappa shape index (κ1) is 10.0. The minimum absolute atomic E-state index is 0.262. The number of unbranched alkanes of at least 4 members (excludes halogenated alkanes) is 1. The fourth-order valence-corrected chi connectivity index (χ4v) is 0.631. The predicted octanol–water partition coefficient (Wildman–Crippen LogP) is 2.03. The summed E-state index contributed by atoms with van der Waals surface area (Å²) in [5.74, 6) is 0. The van der Waals surface area contributed by atoms with E-state index < -0.39 is 0 Å². The van der Waals surface area contributed by atoms with Crippen molar-refractivity contribution in [2.45, 2.75) is 19.8 Å². The molecule has 0 radical (unpaired) electrons. The van der Waals surface area contributed by atoms with Crippen LogP contribution in [-0.4, -0.2) is 19.8 Å². The Morgan fingerprint density at radius 3 is 2.70 bits per heavy atom.